The van der Waals surface area contributed by atoms with E-state index >= 15 is 0 Å². The smallest absolute Gasteiger partial charge is 0.294 e. The third kappa shape index (κ3) is 2.65. The van der Waals surface area contributed by atoms with Crippen LogP contribution in [-0.2, 0) is 10.2 Å². The van der Waals surface area contributed by atoms with Gasteiger partial charge in [-0.3, -0.25) is 14.9 Å². The molecule has 104 valence electrons. The fourth-order valence-corrected chi connectivity index (χ4v) is 1.78. The molecule has 0 atom stereocenters. The molecular weight excluding hydrogens is 250 g/mol. The van der Waals surface area contributed by atoms with Crippen LogP contribution in [0.2, 0.25) is 0 Å². The number of nitrogens with one attached hydrogen (secondary N) is 1. The first-order chi connectivity index (χ1) is 8.75. The van der Waals surface area contributed by atoms with E-state index in [-0.39, 0.29) is 23.9 Å². The molecule has 0 aliphatic carbocycles. The third-order valence-corrected chi connectivity index (χ3v) is 2.85. The second-order valence-corrected chi connectivity index (χ2v) is 4.61. The van der Waals surface area contributed by atoms with Gasteiger partial charge >= 0.3 is 0 Å². The van der Waals surface area contributed by atoms with E-state index in [1.165, 1.54) is 12.1 Å². The highest BCUT2D eigenvalue weighted by Crippen LogP contribution is 2.41. The fraction of sp³-hybridized carbons (Fsp3) is 0.417. The predicted octanol–water partition coefficient (Wildman–Crippen LogP) is 1.41. The Balaban J connectivity index is 0.000000550. The van der Waals surface area contributed by atoms with Gasteiger partial charge in [-0.1, -0.05) is 0 Å². The lowest BCUT2D eigenvalue weighted by Gasteiger charge is -2.14. The van der Waals surface area contributed by atoms with Gasteiger partial charge < -0.3 is 16.2 Å². The summed E-state index contributed by atoms with van der Waals surface area (Å²) in [4.78, 5) is 21.7. The molecule has 19 heavy (non-hydrogen) atoms. The van der Waals surface area contributed by atoms with Gasteiger partial charge in [0, 0.05) is 12.7 Å². The summed E-state index contributed by atoms with van der Waals surface area (Å²) in [5.41, 5.74) is 5.94. The number of nitrogens with zero attached hydrogens (tertiary/aromatic N) is 1. The van der Waals surface area contributed by atoms with E-state index in [4.69, 9.17) is 10.8 Å². The maximum Gasteiger partial charge on any atom is 0.294 e. The molecule has 7 nitrogen and oxygen atoms in total. The minimum Gasteiger partial charge on any atom is -0.397 e. The van der Waals surface area contributed by atoms with Crippen LogP contribution in [0, 0.1) is 10.1 Å². The molecule has 1 aliphatic rings. The van der Waals surface area contributed by atoms with Crippen molar-refractivity contribution >= 4 is 23.0 Å². The second-order valence-electron chi connectivity index (χ2n) is 4.61. The normalized spacial score (nSPS) is 15.1. The molecule has 0 saturated heterocycles. The molecule has 0 aromatic heterocycles. The van der Waals surface area contributed by atoms with Crippen molar-refractivity contribution in [2.45, 2.75) is 26.2 Å². The van der Waals surface area contributed by atoms with Crippen molar-refractivity contribution in [3.8, 4) is 0 Å². The summed E-state index contributed by atoms with van der Waals surface area (Å²) >= 11 is 0. The monoisotopic (exact) mass is 267 g/mol. The average Bonchev–Trinajstić information content (AvgIpc) is 2.51. The Morgan fingerprint density at radius 1 is 1.47 bits per heavy atom. The maximum absolute atomic E-state index is 11.6. The van der Waals surface area contributed by atoms with Crippen molar-refractivity contribution in [3.63, 3.8) is 0 Å². The Hall–Kier alpha value is -2.15. The molecule has 1 amide bonds. The van der Waals surface area contributed by atoms with Gasteiger partial charge in [0.2, 0.25) is 5.91 Å². The maximum atomic E-state index is 11.6. The van der Waals surface area contributed by atoms with Crippen LogP contribution in [0.1, 0.15) is 26.3 Å². The van der Waals surface area contributed by atoms with Crippen molar-refractivity contribution < 1.29 is 14.8 Å². The Morgan fingerprint density at radius 2 is 2.00 bits per heavy atom. The molecule has 1 aromatic rings. The van der Waals surface area contributed by atoms with Gasteiger partial charge in [-0.15, -0.1) is 0 Å². The predicted molar refractivity (Wildman–Crippen MR) is 71.9 cm³/mol. The van der Waals surface area contributed by atoms with Gasteiger partial charge in [0.25, 0.3) is 5.69 Å². The number of amides is 1. The minimum atomic E-state index is -0.696. The Bertz CT molecular complexity index is 526. The fourth-order valence-electron chi connectivity index (χ4n) is 1.78. The largest absolute Gasteiger partial charge is 0.397 e. The van der Waals surface area contributed by atoms with E-state index in [2.05, 4.69) is 5.32 Å². The Morgan fingerprint density at radius 3 is 2.47 bits per heavy atom. The quantitative estimate of drug-likeness (QED) is 0.404. The lowest BCUT2D eigenvalue weighted by molar-refractivity contribution is -0.383. The summed E-state index contributed by atoms with van der Waals surface area (Å²) in [5, 5.41) is 20.9. The molecule has 0 fully saturated rings. The number of anilines is 2. The highest BCUT2D eigenvalue weighted by Gasteiger charge is 2.39. The number of aliphatic hydroxyl groups excluding tert-OH is 1. The van der Waals surface area contributed by atoms with E-state index < -0.39 is 10.3 Å². The van der Waals surface area contributed by atoms with Crippen LogP contribution in [-0.4, -0.2) is 22.5 Å². The first-order valence-corrected chi connectivity index (χ1v) is 5.76. The number of nitrogen functional groups attached to an aromatic ring is 1. The van der Waals surface area contributed by atoms with Crippen LogP contribution < -0.4 is 11.1 Å². The second kappa shape index (κ2) is 5.23. The SMILES string of the molecule is CC1(C)C(=O)Nc2cc([N+](=O)[O-])c(N)cc21.CCO. The number of benzene rings is 1. The van der Waals surface area contributed by atoms with Crippen LogP contribution in [0.15, 0.2) is 12.1 Å². The van der Waals surface area contributed by atoms with Crippen molar-refractivity contribution in [1.82, 2.24) is 0 Å². The molecular formula is C12H17N3O4. The highest BCUT2D eigenvalue weighted by molar-refractivity contribution is 6.06. The number of rotatable bonds is 1. The number of hydrogen-bond donors (Lipinski definition) is 3. The van der Waals surface area contributed by atoms with Gasteiger partial charge in [-0.2, -0.15) is 0 Å². The van der Waals surface area contributed by atoms with Gasteiger partial charge in [0.15, 0.2) is 0 Å². The summed E-state index contributed by atoms with van der Waals surface area (Å²) < 4.78 is 0. The molecule has 0 radical (unpaired) electrons. The molecule has 0 spiro atoms. The number of carbonyl (C=O) groups is 1. The van der Waals surface area contributed by atoms with E-state index in [1.807, 2.05) is 0 Å². The van der Waals surface area contributed by atoms with Crippen molar-refractivity contribution in [3.05, 3.63) is 27.8 Å². The van der Waals surface area contributed by atoms with E-state index in [9.17, 15) is 14.9 Å². The number of nitro benzene ring substituents is 1. The Kier molecular flexibility index (Phi) is 4.10. The lowest BCUT2D eigenvalue weighted by atomic mass is 9.86. The minimum absolute atomic E-state index is 0.0772. The number of nitro groups is 1. The van der Waals surface area contributed by atoms with Gasteiger partial charge in [-0.05, 0) is 32.4 Å². The standard InChI is InChI=1S/C10H11N3O3.C2H6O/c1-10(2)5-3-6(11)8(13(15)16)4-7(5)12-9(10)14;1-2-3/h3-4H,11H2,1-2H3,(H,12,14);3H,2H2,1H3. The molecule has 0 bridgehead atoms. The zero-order chi connectivity index (χ0) is 14.8. The molecule has 7 heteroatoms. The molecule has 0 unspecified atom stereocenters. The summed E-state index contributed by atoms with van der Waals surface area (Å²) in [7, 11) is 0. The number of carbonyl (C=O) groups excluding carboxylic acids is 1. The first kappa shape index (κ1) is 14.9. The molecule has 1 heterocycles. The molecule has 4 N–H and O–H groups in total. The van der Waals surface area contributed by atoms with Crippen molar-refractivity contribution in [1.29, 1.82) is 0 Å². The summed E-state index contributed by atoms with van der Waals surface area (Å²) in [6, 6.07) is 2.79. The summed E-state index contributed by atoms with van der Waals surface area (Å²) in [6.07, 6.45) is 0. The molecule has 1 aliphatic heterocycles. The first-order valence-electron chi connectivity index (χ1n) is 5.76. The van der Waals surface area contributed by atoms with E-state index in [1.54, 1.807) is 20.8 Å². The number of nitrogens with two attached hydrogens (primary N) is 1. The molecule has 1 aromatic carbocycles. The lowest BCUT2D eigenvalue weighted by Crippen LogP contribution is -2.26. The van der Waals surface area contributed by atoms with E-state index in [0.717, 1.165) is 0 Å². The van der Waals surface area contributed by atoms with Gasteiger partial charge in [0.05, 0.1) is 16.0 Å². The van der Waals surface area contributed by atoms with Gasteiger partial charge in [0.1, 0.15) is 5.69 Å². The zero-order valence-electron chi connectivity index (χ0n) is 11.1. The molecule has 0 saturated carbocycles. The summed E-state index contributed by atoms with van der Waals surface area (Å²) in [5.74, 6) is -0.178. The Labute approximate surface area is 110 Å². The summed E-state index contributed by atoms with van der Waals surface area (Å²) in [6.45, 7) is 5.43. The zero-order valence-corrected chi connectivity index (χ0v) is 11.1. The van der Waals surface area contributed by atoms with Crippen LogP contribution >= 0.6 is 0 Å². The molecule has 2 rings (SSSR count). The number of hydrogen-bond acceptors (Lipinski definition) is 5. The van der Waals surface area contributed by atoms with Crippen molar-refractivity contribution in [2.24, 2.45) is 0 Å². The highest BCUT2D eigenvalue weighted by atomic mass is 16.6. The van der Waals surface area contributed by atoms with Crippen LogP contribution in [0.5, 0.6) is 0 Å². The number of fused-ring (bicyclic) bond motifs is 1. The van der Waals surface area contributed by atoms with Crippen LogP contribution in [0.25, 0.3) is 0 Å². The van der Waals surface area contributed by atoms with Crippen molar-refractivity contribution in [2.75, 3.05) is 17.7 Å². The topological polar surface area (TPSA) is 118 Å². The van der Waals surface area contributed by atoms with Crippen LogP contribution in [0.4, 0.5) is 17.1 Å². The van der Waals surface area contributed by atoms with E-state index in [0.29, 0.717) is 11.3 Å². The van der Waals surface area contributed by atoms with Crippen LogP contribution in [0.3, 0.4) is 0 Å². The third-order valence-electron chi connectivity index (χ3n) is 2.85. The van der Waals surface area contributed by atoms with Gasteiger partial charge in [-0.25, -0.2) is 0 Å². The number of aliphatic hydroxyl groups is 1. The average molecular weight is 267 g/mol.